The number of carbonyl (C=O) groups excluding carboxylic acids is 1. The normalized spacial score (nSPS) is 20.3. The fourth-order valence-electron chi connectivity index (χ4n) is 5.79. The van der Waals surface area contributed by atoms with E-state index in [4.69, 9.17) is 13.0 Å². The van der Waals surface area contributed by atoms with Crippen LogP contribution in [0, 0.1) is 5.95 Å². The number of pyridine rings is 1. The van der Waals surface area contributed by atoms with Crippen LogP contribution in [0.4, 0.5) is 9.18 Å². The minimum Gasteiger partial charge on any atom is -0.453 e. The van der Waals surface area contributed by atoms with Crippen LogP contribution in [0.3, 0.4) is 0 Å². The molecule has 6 rings (SSSR count). The van der Waals surface area contributed by atoms with E-state index in [0.717, 1.165) is 6.20 Å². The molecule has 1 aliphatic carbocycles. The maximum Gasteiger partial charge on any atom is 0.407 e. The number of benzene rings is 1. The highest BCUT2D eigenvalue weighted by Gasteiger charge is 2.32. The summed E-state index contributed by atoms with van der Waals surface area (Å²) in [7, 11) is 1.24. The second kappa shape index (κ2) is 9.58. The number of aliphatic hydroxyl groups is 1. The average molecular weight is 568 g/mol. The third-order valence-electron chi connectivity index (χ3n) is 7.75. The summed E-state index contributed by atoms with van der Waals surface area (Å²) in [5.74, 6) is -1.08. The molecule has 1 fully saturated rings. The molecule has 11 nitrogen and oxygen atoms in total. The lowest BCUT2D eigenvalue weighted by molar-refractivity contribution is 0.0786. The van der Waals surface area contributed by atoms with Crippen molar-refractivity contribution < 1.29 is 27.3 Å². The fourth-order valence-corrected chi connectivity index (χ4v) is 5.79. The molecule has 0 spiro atoms. The SMILES string of the molecule is [2H]C([2H])([2H])n1cc(-c2[nH]c3ncc4c(c3c2-c2ccc(C(C)(C)O)cc2)n([C@@H]2CC[C@@H](NC(=O)OC)C2)c(=O)n4C([2H])([2H])[2H])c(F)n1. The highest BCUT2D eigenvalue weighted by atomic mass is 19.1. The zero-order chi connectivity index (χ0) is 34.2. The molecular weight excluding hydrogens is 529 g/mol. The summed E-state index contributed by atoms with van der Waals surface area (Å²) in [6.45, 7) is -2.44. The molecular formula is C29H32FN7O4. The van der Waals surface area contributed by atoms with Crippen molar-refractivity contribution in [1.29, 1.82) is 0 Å². The summed E-state index contributed by atoms with van der Waals surface area (Å²) >= 11 is 0. The highest BCUT2D eigenvalue weighted by Crippen LogP contribution is 2.43. The summed E-state index contributed by atoms with van der Waals surface area (Å²) in [5.41, 5.74) is -0.333. The number of ether oxygens (including phenoxy) is 1. The number of alkyl carbamates (subject to hydrolysis) is 1. The predicted octanol–water partition coefficient (Wildman–Crippen LogP) is 4.10. The Morgan fingerprint density at radius 1 is 1.27 bits per heavy atom. The molecule has 0 radical (unpaired) electrons. The van der Waals surface area contributed by atoms with Gasteiger partial charge in [0, 0.05) is 46.0 Å². The Morgan fingerprint density at radius 3 is 2.71 bits per heavy atom. The van der Waals surface area contributed by atoms with E-state index in [1.807, 2.05) is 0 Å². The number of nitrogens with zero attached hydrogens (tertiary/aromatic N) is 5. The van der Waals surface area contributed by atoms with Crippen molar-refractivity contribution in [2.24, 2.45) is 14.0 Å². The number of imidazole rings is 1. The summed E-state index contributed by atoms with van der Waals surface area (Å²) in [6.07, 6.45) is 2.87. The first-order valence-electron chi connectivity index (χ1n) is 16.0. The van der Waals surface area contributed by atoms with Gasteiger partial charge in [-0.1, -0.05) is 24.3 Å². The maximum atomic E-state index is 15.5. The van der Waals surface area contributed by atoms with E-state index in [1.165, 1.54) is 17.9 Å². The molecule has 5 aromatic rings. The molecule has 3 N–H and O–H groups in total. The third-order valence-corrected chi connectivity index (χ3v) is 7.75. The van der Waals surface area contributed by atoms with Crippen LogP contribution in [-0.2, 0) is 24.3 Å². The Kier molecular flexibility index (Phi) is 4.77. The largest absolute Gasteiger partial charge is 0.453 e. The second-order valence-corrected chi connectivity index (χ2v) is 10.8. The number of nitrogens with one attached hydrogen (secondary N) is 2. The molecule has 1 aromatic carbocycles. The van der Waals surface area contributed by atoms with Gasteiger partial charge in [-0.05, 0) is 44.2 Å². The molecule has 2 atom stereocenters. The van der Waals surface area contributed by atoms with Gasteiger partial charge in [0.1, 0.15) is 5.65 Å². The van der Waals surface area contributed by atoms with Gasteiger partial charge in [0.25, 0.3) is 0 Å². The Bertz CT molecular complexity index is 2070. The van der Waals surface area contributed by atoms with Crippen LogP contribution in [0.25, 0.3) is 44.5 Å². The average Bonchev–Trinajstić information content (AvgIpc) is 3.74. The minimum absolute atomic E-state index is 0.00504. The van der Waals surface area contributed by atoms with Crippen LogP contribution >= 0.6 is 0 Å². The molecule has 4 aromatic heterocycles. The predicted molar refractivity (Wildman–Crippen MR) is 152 cm³/mol. The van der Waals surface area contributed by atoms with Gasteiger partial charge in [0.15, 0.2) is 0 Å². The van der Waals surface area contributed by atoms with Crippen molar-refractivity contribution >= 4 is 28.2 Å². The van der Waals surface area contributed by atoms with Gasteiger partial charge in [-0.25, -0.2) is 14.6 Å². The summed E-state index contributed by atoms with van der Waals surface area (Å²) < 4.78 is 70.6. The molecule has 41 heavy (non-hydrogen) atoms. The first-order chi connectivity index (χ1) is 21.9. The van der Waals surface area contributed by atoms with Gasteiger partial charge in [0.2, 0.25) is 5.95 Å². The molecule has 0 saturated heterocycles. The molecule has 4 heterocycles. The lowest BCUT2D eigenvalue weighted by Crippen LogP contribution is -2.33. The minimum atomic E-state index is -2.89. The molecule has 0 bridgehead atoms. The topological polar surface area (TPSA) is 132 Å². The number of rotatable bonds is 5. The van der Waals surface area contributed by atoms with Gasteiger partial charge in [-0.2, -0.15) is 4.39 Å². The molecule has 214 valence electrons. The van der Waals surface area contributed by atoms with E-state index >= 15 is 4.39 Å². The van der Waals surface area contributed by atoms with Crippen LogP contribution < -0.4 is 11.0 Å². The van der Waals surface area contributed by atoms with Gasteiger partial charge in [0.05, 0.1) is 46.6 Å². The number of aromatic amines is 1. The summed E-state index contributed by atoms with van der Waals surface area (Å²) in [4.78, 5) is 33.5. The number of halogens is 1. The van der Waals surface area contributed by atoms with Crippen LogP contribution in [0.15, 0.2) is 41.5 Å². The van der Waals surface area contributed by atoms with Crippen molar-refractivity contribution in [3.8, 4) is 22.4 Å². The fraction of sp³-hybridized carbons (Fsp3) is 0.379. The van der Waals surface area contributed by atoms with Crippen LogP contribution in [0.1, 0.15) is 52.9 Å². The Morgan fingerprint density at radius 2 is 2.05 bits per heavy atom. The van der Waals surface area contributed by atoms with Crippen molar-refractivity contribution in [3.63, 3.8) is 0 Å². The quantitative estimate of drug-likeness (QED) is 0.293. The number of fused-ring (bicyclic) bond motifs is 3. The number of H-pyrrole nitrogens is 1. The molecule has 12 heteroatoms. The van der Waals surface area contributed by atoms with E-state index < -0.39 is 43.3 Å². The summed E-state index contributed by atoms with van der Waals surface area (Å²) in [6, 6.07) is 5.82. The van der Waals surface area contributed by atoms with E-state index in [9.17, 15) is 14.7 Å². The highest BCUT2D eigenvalue weighted by molar-refractivity contribution is 6.14. The second-order valence-electron chi connectivity index (χ2n) is 10.8. The van der Waals surface area contributed by atoms with Gasteiger partial charge >= 0.3 is 11.8 Å². The van der Waals surface area contributed by atoms with E-state index in [0.29, 0.717) is 50.6 Å². The van der Waals surface area contributed by atoms with Gasteiger partial charge in [-0.3, -0.25) is 13.8 Å². The van der Waals surface area contributed by atoms with Crippen LogP contribution in [-0.4, -0.2) is 53.2 Å². The molecule has 1 saturated carbocycles. The molecule has 0 unspecified atom stereocenters. The Hall–Kier alpha value is -4.45. The monoisotopic (exact) mass is 567 g/mol. The first-order valence-corrected chi connectivity index (χ1v) is 13.0. The van der Waals surface area contributed by atoms with Crippen LogP contribution in [0.2, 0.25) is 0 Å². The number of methoxy groups -OCH3 is 1. The van der Waals surface area contributed by atoms with Crippen molar-refractivity contribution in [1.82, 2.24) is 34.2 Å². The standard InChI is InChI=1S/C29H32FN7O4/c1-29(2,40)16-8-6-15(7-9-16)21-22-24-20(13-31-26(22)33-23(21)19-14-35(3)34-25(19)30)36(4)28(39)37(24)18-11-10-17(12-18)32-27(38)41-5/h6-9,13-14,17-18,40H,10-12H2,1-5H3,(H,31,33)(H,32,38)/t17-,18-/m1/s1/i3D3,4D3. The summed E-state index contributed by atoms with van der Waals surface area (Å²) in [5, 5.41) is 17.2. The number of aryl methyl sites for hydroxylation is 2. The maximum absolute atomic E-state index is 15.5. The van der Waals surface area contributed by atoms with Gasteiger partial charge < -0.3 is 20.1 Å². The molecule has 1 amide bonds. The molecule has 1 aliphatic rings. The van der Waals surface area contributed by atoms with E-state index in [-0.39, 0.29) is 34.0 Å². The lowest BCUT2D eigenvalue weighted by atomic mass is 9.94. The Labute approximate surface area is 243 Å². The zero-order valence-electron chi connectivity index (χ0n) is 28.5. The van der Waals surface area contributed by atoms with Crippen molar-refractivity contribution in [3.05, 3.63) is 58.7 Å². The van der Waals surface area contributed by atoms with Gasteiger partial charge in [-0.15, -0.1) is 5.10 Å². The van der Waals surface area contributed by atoms with E-state index in [2.05, 4.69) is 20.4 Å². The number of aromatic nitrogens is 6. The van der Waals surface area contributed by atoms with Crippen molar-refractivity contribution in [2.75, 3.05) is 7.11 Å². The van der Waals surface area contributed by atoms with Crippen LogP contribution in [0.5, 0.6) is 0 Å². The molecule has 0 aliphatic heterocycles. The number of carbonyl (C=O) groups is 1. The smallest absolute Gasteiger partial charge is 0.407 e. The third kappa shape index (κ3) is 4.38. The number of hydrogen-bond acceptors (Lipinski definition) is 6. The zero-order valence-corrected chi connectivity index (χ0v) is 22.5. The van der Waals surface area contributed by atoms with E-state index in [1.54, 1.807) is 38.1 Å². The lowest BCUT2D eigenvalue weighted by Gasteiger charge is -2.18. The Balaban J connectivity index is 1.70. The van der Waals surface area contributed by atoms with Crippen molar-refractivity contribution in [2.45, 2.75) is 50.8 Å². The number of amides is 1. The first kappa shape index (κ1) is 20.4. The number of hydrogen-bond donors (Lipinski definition) is 3.